The second-order valence-electron chi connectivity index (χ2n) is 6.63. The van der Waals surface area contributed by atoms with E-state index in [4.69, 9.17) is 4.74 Å². The first-order chi connectivity index (χ1) is 14.2. The first-order valence-electron chi connectivity index (χ1n) is 9.28. The largest absolute Gasteiger partial charge is 0.489 e. The van der Waals surface area contributed by atoms with Gasteiger partial charge in [0.1, 0.15) is 29.5 Å². The minimum atomic E-state index is -0.426. The Bertz CT molecular complexity index is 1120. The van der Waals surface area contributed by atoms with Crippen molar-refractivity contribution in [1.29, 1.82) is 0 Å². The summed E-state index contributed by atoms with van der Waals surface area (Å²) in [4.78, 5) is 8.24. The van der Waals surface area contributed by atoms with Crippen molar-refractivity contribution in [1.82, 2.24) is 9.97 Å². The number of anilines is 1. The molecule has 0 saturated heterocycles. The van der Waals surface area contributed by atoms with Crippen LogP contribution in [0, 0.1) is 11.6 Å². The van der Waals surface area contributed by atoms with Gasteiger partial charge in [-0.2, -0.15) is 0 Å². The summed E-state index contributed by atoms with van der Waals surface area (Å²) in [5, 5.41) is 3.26. The van der Waals surface area contributed by atoms with E-state index in [2.05, 4.69) is 15.3 Å². The molecule has 6 heteroatoms. The third-order valence-corrected chi connectivity index (χ3v) is 4.45. The fourth-order valence-corrected chi connectivity index (χ4v) is 3.08. The van der Waals surface area contributed by atoms with Crippen molar-refractivity contribution in [2.24, 2.45) is 0 Å². The van der Waals surface area contributed by atoms with E-state index < -0.39 is 5.82 Å². The molecule has 2 heterocycles. The summed E-state index contributed by atoms with van der Waals surface area (Å²) in [5.41, 5.74) is 3.68. The van der Waals surface area contributed by atoms with Gasteiger partial charge in [-0.25, -0.2) is 13.8 Å². The summed E-state index contributed by atoms with van der Waals surface area (Å²) in [6.45, 7) is 0.937. The number of hydrogen-bond donors (Lipinski definition) is 1. The molecule has 2 aromatic carbocycles. The van der Waals surface area contributed by atoms with Crippen LogP contribution < -0.4 is 10.1 Å². The third-order valence-electron chi connectivity index (χ3n) is 4.45. The Kier molecular flexibility index (Phi) is 5.61. The number of rotatable bonds is 7. The fraction of sp³-hybridized carbons (Fsp3) is 0.130. The van der Waals surface area contributed by atoms with Crippen LogP contribution in [0.25, 0.3) is 11.0 Å². The Hall–Kier alpha value is -3.54. The van der Waals surface area contributed by atoms with Crippen molar-refractivity contribution in [3.8, 4) is 5.75 Å². The van der Waals surface area contributed by atoms with Gasteiger partial charge in [-0.05, 0) is 35.7 Å². The van der Waals surface area contributed by atoms with Crippen molar-refractivity contribution < 1.29 is 13.5 Å². The lowest BCUT2D eigenvalue weighted by Crippen LogP contribution is -2.06. The number of nitrogens with one attached hydrogen (secondary N) is 1. The first-order valence-corrected chi connectivity index (χ1v) is 9.28. The van der Waals surface area contributed by atoms with Crippen molar-refractivity contribution in [2.75, 3.05) is 11.9 Å². The maximum atomic E-state index is 14.0. The molecule has 0 amide bonds. The highest BCUT2D eigenvalue weighted by molar-refractivity contribution is 5.86. The lowest BCUT2D eigenvalue weighted by molar-refractivity contribution is 0.304. The highest BCUT2D eigenvalue weighted by Gasteiger charge is 2.06. The van der Waals surface area contributed by atoms with E-state index in [9.17, 15) is 8.78 Å². The van der Waals surface area contributed by atoms with Crippen molar-refractivity contribution in [3.05, 3.63) is 95.8 Å². The quantitative estimate of drug-likeness (QED) is 0.474. The summed E-state index contributed by atoms with van der Waals surface area (Å²) < 4.78 is 33.0. The number of halogens is 2. The van der Waals surface area contributed by atoms with Gasteiger partial charge in [-0.15, -0.1) is 0 Å². The standard InChI is InChI=1S/C23H19F2N3O/c24-18-10-17(11-20(12-18)29-15-16-4-2-1-3-5-16)6-8-26-21-7-9-27-22-13-19(25)14-28-23(21)22/h1-5,7,9-14H,6,8,15H2,(H,26,27). The number of fused-ring (bicyclic) bond motifs is 1. The molecule has 0 aliphatic heterocycles. The second-order valence-corrected chi connectivity index (χ2v) is 6.63. The van der Waals surface area contributed by atoms with Crippen LogP contribution in [0.4, 0.5) is 14.5 Å². The van der Waals surface area contributed by atoms with Crippen molar-refractivity contribution in [2.45, 2.75) is 13.0 Å². The van der Waals surface area contributed by atoms with Crippen LogP contribution in [0.2, 0.25) is 0 Å². The Morgan fingerprint density at radius 1 is 0.862 bits per heavy atom. The molecule has 4 nitrogen and oxygen atoms in total. The molecule has 29 heavy (non-hydrogen) atoms. The number of nitrogens with zero attached hydrogens (tertiary/aromatic N) is 2. The van der Waals surface area contributed by atoms with E-state index in [0.717, 1.165) is 23.0 Å². The van der Waals surface area contributed by atoms with E-state index in [1.807, 2.05) is 36.4 Å². The predicted molar refractivity (Wildman–Crippen MR) is 109 cm³/mol. The molecule has 0 aliphatic rings. The highest BCUT2D eigenvalue weighted by Crippen LogP contribution is 2.21. The number of ether oxygens (including phenoxy) is 1. The maximum absolute atomic E-state index is 14.0. The molecule has 0 radical (unpaired) electrons. The summed E-state index contributed by atoms with van der Waals surface area (Å²) in [5.74, 6) is -0.266. The zero-order valence-corrected chi connectivity index (χ0v) is 15.6. The molecule has 2 aromatic heterocycles. The van der Waals surface area contributed by atoms with E-state index in [1.54, 1.807) is 12.3 Å². The lowest BCUT2D eigenvalue weighted by atomic mass is 10.1. The Morgan fingerprint density at radius 2 is 1.72 bits per heavy atom. The van der Waals surface area contributed by atoms with E-state index in [-0.39, 0.29) is 5.82 Å². The number of benzene rings is 2. The number of aromatic nitrogens is 2. The first kappa shape index (κ1) is 18.8. The zero-order valence-electron chi connectivity index (χ0n) is 15.6. The molecule has 0 saturated carbocycles. The summed E-state index contributed by atoms with van der Waals surface area (Å²) in [6.07, 6.45) is 3.35. The second kappa shape index (κ2) is 8.65. The Labute approximate surface area is 167 Å². The normalized spacial score (nSPS) is 10.8. The average molecular weight is 391 g/mol. The molecule has 0 aliphatic carbocycles. The molecular weight excluding hydrogens is 372 g/mol. The van der Waals surface area contributed by atoms with Crippen LogP contribution in [0.15, 0.2) is 73.1 Å². The van der Waals surface area contributed by atoms with Gasteiger partial charge in [0, 0.05) is 24.9 Å². The topological polar surface area (TPSA) is 47.0 Å². The molecule has 146 valence electrons. The molecule has 0 unspecified atom stereocenters. The predicted octanol–water partition coefficient (Wildman–Crippen LogP) is 5.14. The molecule has 0 fully saturated rings. The minimum Gasteiger partial charge on any atom is -0.489 e. The van der Waals surface area contributed by atoms with Crippen molar-refractivity contribution in [3.63, 3.8) is 0 Å². The van der Waals surface area contributed by atoms with Gasteiger partial charge in [-0.3, -0.25) is 4.98 Å². The van der Waals surface area contributed by atoms with Crippen LogP contribution in [-0.4, -0.2) is 16.5 Å². The maximum Gasteiger partial charge on any atom is 0.143 e. The van der Waals surface area contributed by atoms with E-state index >= 15 is 0 Å². The molecule has 1 N–H and O–H groups in total. The van der Waals surface area contributed by atoms with Gasteiger partial charge in [0.05, 0.1) is 17.4 Å². The van der Waals surface area contributed by atoms with Crippen LogP contribution in [-0.2, 0) is 13.0 Å². The van der Waals surface area contributed by atoms with Crippen LogP contribution in [0.3, 0.4) is 0 Å². The Balaban J connectivity index is 1.40. The van der Waals surface area contributed by atoms with Gasteiger partial charge in [0.15, 0.2) is 0 Å². The van der Waals surface area contributed by atoms with Gasteiger partial charge in [0.25, 0.3) is 0 Å². The van der Waals surface area contributed by atoms with E-state index in [1.165, 1.54) is 18.2 Å². The number of pyridine rings is 2. The monoisotopic (exact) mass is 391 g/mol. The minimum absolute atomic E-state index is 0.336. The summed E-state index contributed by atoms with van der Waals surface area (Å²) in [7, 11) is 0. The van der Waals surface area contributed by atoms with Gasteiger partial charge in [0.2, 0.25) is 0 Å². The molecule has 4 rings (SSSR count). The fourth-order valence-electron chi connectivity index (χ4n) is 3.08. The molecule has 4 aromatic rings. The van der Waals surface area contributed by atoms with Gasteiger partial charge in [-0.1, -0.05) is 30.3 Å². The van der Waals surface area contributed by atoms with Gasteiger partial charge >= 0.3 is 0 Å². The number of hydrogen-bond acceptors (Lipinski definition) is 4. The molecular formula is C23H19F2N3O. The lowest BCUT2D eigenvalue weighted by Gasteiger charge is -2.11. The summed E-state index contributed by atoms with van der Waals surface area (Å²) >= 11 is 0. The van der Waals surface area contributed by atoms with Gasteiger partial charge < -0.3 is 10.1 Å². The third kappa shape index (κ3) is 4.85. The Morgan fingerprint density at radius 3 is 2.59 bits per heavy atom. The SMILES string of the molecule is Fc1cc(CCNc2ccnc3cc(F)cnc23)cc(OCc2ccccc2)c1. The molecule has 0 atom stereocenters. The molecule has 0 spiro atoms. The molecule has 0 bridgehead atoms. The van der Waals surface area contributed by atoms with Crippen LogP contribution >= 0.6 is 0 Å². The highest BCUT2D eigenvalue weighted by atomic mass is 19.1. The summed E-state index contributed by atoms with van der Waals surface area (Å²) in [6, 6.07) is 17.6. The van der Waals surface area contributed by atoms with Crippen molar-refractivity contribution >= 4 is 16.7 Å². The van der Waals surface area contributed by atoms with Crippen LogP contribution in [0.1, 0.15) is 11.1 Å². The van der Waals surface area contributed by atoms with E-state index in [0.29, 0.717) is 36.4 Å². The average Bonchev–Trinajstić information content (AvgIpc) is 2.72. The smallest absolute Gasteiger partial charge is 0.143 e. The zero-order chi connectivity index (χ0) is 20.1. The van der Waals surface area contributed by atoms with Crippen LogP contribution in [0.5, 0.6) is 5.75 Å².